The Hall–Kier alpha value is -1.56. The highest BCUT2D eigenvalue weighted by Crippen LogP contribution is 2.42. The van der Waals surface area contributed by atoms with Crippen molar-refractivity contribution in [2.45, 2.75) is 124 Å². The van der Waals surface area contributed by atoms with Crippen molar-refractivity contribution >= 4 is 0 Å². The first-order valence-electron chi connectivity index (χ1n) is 12.2. The molecule has 0 aliphatic carbocycles. The third kappa shape index (κ3) is 5.82. The van der Waals surface area contributed by atoms with E-state index in [0.717, 1.165) is 6.42 Å². The van der Waals surface area contributed by atoms with Gasteiger partial charge in [-0.2, -0.15) is 0 Å². The molecule has 0 fully saturated rings. The first-order chi connectivity index (χ1) is 13.9. The number of rotatable bonds is 3. The maximum Gasteiger partial charge on any atom is 0.00926 e. The lowest BCUT2D eigenvalue weighted by Gasteiger charge is -2.34. The first-order valence-corrected chi connectivity index (χ1v) is 12.2. The van der Waals surface area contributed by atoms with Gasteiger partial charge in [0.25, 0.3) is 0 Å². The third-order valence-corrected chi connectivity index (χ3v) is 6.61. The van der Waals surface area contributed by atoms with Crippen molar-refractivity contribution < 1.29 is 0 Å². The van der Waals surface area contributed by atoms with Gasteiger partial charge in [-0.05, 0) is 61.5 Å². The Bertz CT molecular complexity index is 824. The van der Waals surface area contributed by atoms with Crippen LogP contribution in [0.5, 0.6) is 0 Å². The van der Waals surface area contributed by atoms with E-state index in [2.05, 4.69) is 126 Å². The SMILES string of the molecule is CCC(c1ccc(C(C)(C)C)cc1C(C)(C)C)c1ccc(C(C)(C)C)cc1C(C)(C)C. The summed E-state index contributed by atoms with van der Waals surface area (Å²) in [5.74, 6) is 0.409. The van der Waals surface area contributed by atoms with Crippen molar-refractivity contribution in [1.82, 2.24) is 0 Å². The molecule has 2 aromatic rings. The van der Waals surface area contributed by atoms with Crippen LogP contribution in [-0.4, -0.2) is 0 Å². The minimum atomic E-state index is 0.108. The van der Waals surface area contributed by atoms with Crippen LogP contribution >= 0.6 is 0 Å². The highest BCUT2D eigenvalue weighted by Gasteiger charge is 2.30. The zero-order valence-electron chi connectivity index (χ0n) is 22.7. The van der Waals surface area contributed by atoms with Crippen LogP contribution in [0.25, 0.3) is 0 Å². The number of benzene rings is 2. The fraction of sp³-hybridized carbons (Fsp3) is 0.613. The van der Waals surface area contributed by atoms with E-state index >= 15 is 0 Å². The molecule has 2 rings (SSSR count). The molecule has 0 unspecified atom stereocenters. The van der Waals surface area contributed by atoms with E-state index in [0.29, 0.717) is 5.92 Å². The molecule has 0 nitrogen and oxygen atoms in total. The van der Waals surface area contributed by atoms with E-state index in [1.54, 1.807) is 0 Å². The van der Waals surface area contributed by atoms with Crippen LogP contribution < -0.4 is 0 Å². The molecule has 0 spiro atoms. The molecule has 0 bridgehead atoms. The third-order valence-electron chi connectivity index (χ3n) is 6.61. The molecule has 0 N–H and O–H groups in total. The molecular weight excluding hydrogens is 372 g/mol. The summed E-state index contributed by atoms with van der Waals surface area (Å²) >= 11 is 0. The molecule has 2 aromatic carbocycles. The van der Waals surface area contributed by atoms with Gasteiger partial charge in [-0.3, -0.25) is 0 Å². The molecular formula is C31H48. The van der Waals surface area contributed by atoms with E-state index in [-0.39, 0.29) is 21.7 Å². The lowest BCUT2D eigenvalue weighted by atomic mass is 9.71. The Kier molecular flexibility index (Phi) is 6.98. The Morgan fingerprint density at radius 2 is 0.839 bits per heavy atom. The average molecular weight is 421 g/mol. The molecule has 0 saturated carbocycles. The standard InChI is InChI=1S/C31H48/c1-14-23(24-17-15-21(28(2,3)4)19-26(24)30(8,9)10)25-18-16-22(29(5,6)7)20-27(25)31(11,12)13/h15-20,23H,14H2,1-13H3. The lowest BCUT2D eigenvalue weighted by Crippen LogP contribution is -2.23. The van der Waals surface area contributed by atoms with Gasteiger partial charge in [-0.25, -0.2) is 0 Å². The summed E-state index contributed by atoms with van der Waals surface area (Å²) in [5, 5.41) is 0. The van der Waals surface area contributed by atoms with Crippen molar-refractivity contribution in [2.24, 2.45) is 0 Å². The Morgan fingerprint density at radius 1 is 0.516 bits per heavy atom. The first kappa shape index (κ1) is 25.7. The van der Waals surface area contributed by atoms with Gasteiger partial charge in [0.2, 0.25) is 0 Å². The monoisotopic (exact) mass is 420 g/mol. The predicted octanol–water partition coefficient (Wildman–Crippen LogP) is 9.42. The minimum absolute atomic E-state index is 0.108. The van der Waals surface area contributed by atoms with Crippen LogP contribution in [0.2, 0.25) is 0 Å². The molecule has 31 heavy (non-hydrogen) atoms. The van der Waals surface area contributed by atoms with E-state index in [1.165, 1.54) is 33.4 Å². The summed E-state index contributed by atoms with van der Waals surface area (Å²) < 4.78 is 0. The maximum absolute atomic E-state index is 2.48. The van der Waals surface area contributed by atoms with Gasteiger partial charge in [0, 0.05) is 5.92 Å². The van der Waals surface area contributed by atoms with Gasteiger partial charge in [0.15, 0.2) is 0 Å². The summed E-state index contributed by atoms with van der Waals surface area (Å²) in [6, 6.07) is 14.6. The van der Waals surface area contributed by atoms with Crippen molar-refractivity contribution in [2.75, 3.05) is 0 Å². The zero-order valence-corrected chi connectivity index (χ0v) is 22.7. The summed E-state index contributed by atoms with van der Waals surface area (Å²) in [7, 11) is 0. The molecule has 0 atom stereocenters. The van der Waals surface area contributed by atoms with E-state index in [4.69, 9.17) is 0 Å². The molecule has 0 saturated heterocycles. The minimum Gasteiger partial charge on any atom is -0.0645 e. The molecule has 0 radical (unpaired) electrons. The van der Waals surface area contributed by atoms with Gasteiger partial charge in [0.1, 0.15) is 0 Å². The summed E-state index contributed by atoms with van der Waals surface area (Å²) in [4.78, 5) is 0. The molecule has 0 heteroatoms. The topological polar surface area (TPSA) is 0 Å². The smallest absolute Gasteiger partial charge is 0.00926 e. The molecule has 0 heterocycles. The van der Waals surface area contributed by atoms with Gasteiger partial charge in [-0.1, -0.05) is 126 Å². The molecule has 0 aromatic heterocycles. The van der Waals surface area contributed by atoms with Crippen molar-refractivity contribution in [3.8, 4) is 0 Å². The zero-order chi connectivity index (χ0) is 24.0. The predicted molar refractivity (Wildman–Crippen MR) is 140 cm³/mol. The van der Waals surface area contributed by atoms with Crippen molar-refractivity contribution in [1.29, 1.82) is 0 Å². The maximum atomic E-state index is 2.48. The Labute approximate surface area is 193 Å². The fourth-order valence-corrected chi connectivity index (χ4v) is 4.56. The Balaban J connectivity index is 2.79. The summed E-state index contributed by atoms with van der Waals surface area (Å²) in [6.45, 7) is 30.4. The highest BCUT2D eigenvalue weighted by atomic mass is 14.3. The molecule has 0 aliphatic rings. The number of hydrogen-bond acceptors (Lipinski definition) is 0. The van der Waals surface area contributed by atoms with Crippen LogP contribution in [0.4, 0.5) is 0 Å². The molecule has 172 valence electrons. The second-order valence-corrected chi connectivity index (χ2v) is 13.6. The summed E-state index contributed by atoms with van der Waals surface area (Å²) in [6.07, 6.45) is 1.11. The van der Waals surface area contributed by atoms with Gasteiger partial charge < -0.3 is 0 Å². The fourth-order valence-electron chi connectivity index (χ4n) is 4.56. The quantitative estimate of drug-likeness (QED) is 0.464. The van der Waals surface area contributed by atoms with Crippen molar-refractivity contribution in [3.63, 3.8) is 0 Å². The van der Waals surface area contributed by atoms with E-state index in [1.807, 2.05) is 0 Å². The molecule has 0 aliphatic heterocycles. The normalized spacial score (nSPS) is 13.7. The van der Waals surface area contributed by atoms with Gasteiger partial charge in [0.05, 0.1) is 0 Å². The van der Waals surface area contributed by atoms with Crippen LogP contribution in [0, 0.1) is 0 Å². The van der Waals surface area contributed by atoms with Gasteiger partial charge in [-0.15, -0.1) is 0 Å². The number of hydrogen-bond donors (Lipinski definition) is 0. The van der Waals surface area contributed by atoms with Gasteiger partial charge >= 0.3 is 0 Å². The molecule has 0 amide bonds. The lowest BCUT2D eigenvalue weighted by molar-refractivity contribution is 0.547. The second kappa shape index (κ2) is 8.42. The van der Waals surface area contributed by atoms with Crippen LogP contribution in [-0.2, 0) is 21.7 Å². The van der Waals surface area contributed by atoms with Crippen LogP contribution in [0.15, 0.2) is 36.4 Å². The van der Waals surface area contributed by atoms with Crippen LogP contribution in [0.3, 0.4) is 0 Å². The highest BCUT2D eigenvalue weighted by molar-refractivity contribution is 5.49. The van der Waals surface area contributed by atoms with Crippen molar-refractivity contribution in [3.05, 3.63) is 69.8 Å². The largest absolute Gasteiger partial charge is 0.0645 e. The average Bonchev–Trinajstić information content (AvgIpc) is 2.59. The Morgan fingerprint density at radius 3 is 1.06 bits per heavy atom. The summed E-state index contributed by atoms with van der Waals surface area (Å²) in [5.41, 5.74) is 9.36. The second-order valence-electron chi connectivity index (χ2n) is 13.6. The van der Waals surface area contributed by atoms with E-state index in [9.17, 15) is 0 Å². The van der Waals surface area contributed by atoms with E-state index < -0.39 is 0 Å². The van der Waals surface area contributed by atoms with Crippen LogP contribution in [0.1, 0.15) is 136 Å².